The molecule has 0 spiro atoms. The average molecular weight is 388 g/mol. The molecule has 3 heteroatoms. The minimum atomic E-state index is -0.640. The Labute approximate surface area is 173 Å². The molecule has 1 aliphatic carbocycles. The quantitative estimate of drug-likeness (QED) is 0.658. The summed E-state index contributed by atoms with van der Waals surface area (Å²) >= 11 is 0. The number of nitrogens with zero attached hydrogens (tertiary/aromatic N) is 1. The number of piperidine rings is 1. The second-order valence-corrected chi connectivity index (χ2v) is 8.74. The number of hydrogen-bond donors (Lipinski definition) is 0. The van der Waals surface area contributed by atoms with E-state index in [0.29, 0.717) is 13.0 Å². The van der Waals surface area contributed by atoms with Crippen molar-refractivity contribution in [3.8, 4) is 0 Å². The molecule has 1 unspecified atom stereocenters. The largest absolute Gasteiger partial charge is 0.299 e. The minimum absolute atomic E-state index is 0.100. The van der Waals surface area contributed by atoms with Crippen molar-refractivity contribution in [2.75, 3.05) is 19.6 Å². The van der Waals surface area contributed by atoms with Gasteiger partial charge in [-0.2, -0.15) is 0 Å². The molecule has 0 aromatic heterocycles. The molecule has 29 heavy (non-hydrogen) atoms. The van der Waals surface area contributed by atoms with Gasteiger partial charge < -0.3 is 0 Å². The number of rotatable bonds is 6. The van der Waals surface area contributed by atoms with Gasteiger partial charge in [0.1, 0.15) is 0 Å². The van der Waals surface area contributed by atoms with Crippen LogP contribution in [0.25, 0.3) is 6.08 Å². The Morgan fingerprint density at radius 2 is 1.69 bits per heavy atom. The van der Waals surface area contributed by atoms with E-state index in [1.54, 1.807) is 0 Å². The highest BCUT2D eigenvalue weighted by molar-refractivity contribution is 6.09. The van der Waals surface area contributed by atoms with Crippen molar-refractivity contribution in [2.24, 2.45) is 5.41 Å². The van der Waals surface area contributed by atoms with Gasteiger partial charge in [0.15, 0.2) is 11.6 Å². The fourth-order valence-corrected chi connectivity index (χ4v) is 4.66. The van der Waals surface area contributed by atoms with E-state index in [2.05, 4.69) is 4.90 Å². The maximum absolute atomic E-state index is 13.4. The third kappa shape index (κ3) is 4.40. The van der Waals surface area contributed by atoms with Gasteiger partial charge in [-0.1, -0.05) is 67.9 Å². The van der Waals surface area contributed by atoms with Gasteiger partial charge >= 0.3 is 0 Å². The van der Waals surface area contributed by atoms with Crippen LogP contribution in [0, 0.1) is 5.41 Å². The van der Waals surface area contributed by atoms with Crippen molar-refractivity contribution in [3.05, 3.63) is 76.9 Å². The number of fused-ring (bicyclic) bond motifs is 1. The lowest BCUT2D eigenvalue weighted by molar-refractivity contribution is -0.117. The maximum Gasteiger partial charge on any atom is 0.169 e. The Morgan fingerprint density at radius 1 is 1.00 bits per heavy atom. The van der Waals surface area contributed by atoms with Gasteiger partial charge in [-0.3, -0.25) is 14.5 Å². The third-order valence-electron chi connectivity index (χ3n) is 6.28. The maximum atomic E-state index is 13.4. The monoisotopic (exact) mass is 387 g/mol. The predicted octanol–water partition coefficient (Wildman–Crippen LogP) is 4.96. The van der Waals surface area contributed by atoms with Crippen LogP contribution in [-0.2, 0) is 11.2 Å². The molecule has 1 fully saturated rings. The highest BCUT2D eigenvalue weighted by Gasteiger charge is 2.43. The van der Waals surface area contributed by atoms with Crippen LogP contribution < -0.4 is 0 Å². The standard InChI is InChI=1S/C26H29NO2/c1-26(17-21-12-6-7-13-23(21)25(26)29)18-24(28)22(16-20-10-4-2-5-11-20)19-27-14-8-3-9-15-27/h2,4-7,10-13,16H,3,8-9,14-15,17-19H2,1H3/b22-16+. The first-order chi connectivity index (χ1) is 14.0. The molecule has 2 aromatic rings. The smallest absolute Gasteiger partial charge is 0.169 e. The van der Waals surface area contributed by atoms with Gasteiger partial charge in [0.05, 0.1) is 0 Å². The molecule has 1 atom stereocenters. The van der Waals surface area contributed by atoms with Crippen molar-refractivity contribution in [3.63, 3.8) is 0 Å². The first-order valence-corrected chi connectivity index (χ1v) is 10.7. The summed E-state index contributed by atoms with van der Waals surface area (Å²) in [6.07, 6.45) is 6.60. The summed E-state index contributed by atoms with van der Waals surface area (Å²) < 4.78 is 0. The van der Waals surface area contributed by atoms with Crippen LogP contribution >= 0.6 is 0 Å². The summed E-state index contributed by atoms with van der Waals surface area (Å²) in [5.41, 5.74) is 3.07. The number of carbonyl (C=O) groups is 2. The molecule has 1 saturated heterocycles. The Balaban J connectivity index is 1.56. The number of likely N-dealkylation sites (tertiary alicyclic amines) is 1. The lowest BCUT2D eigenvalue weighted by atomic mass is 9.79. The van der Waals surface area contributed by atoms with Gasteiger partial charge in [-0.15, -0.1) is 0 Å². The van der Waals surface area contributed by atoms with Crippen LogP contribution in [-0.4, -0.2) is 36.1 Å². The normalized spacial score (nSPS) is 22.5. The molecule has 1 aliphatic heterocycles. The van der Waals surface area contributed by atoms with Crippen LogP contribution in [0.1, 0.15) is 54.1 Å². The van der Waals surface area contributed by atoms with Crippen LogP contribution in [0.4, 0.5) is 0 Å². The Hall–Kier alpha value is -2.52. The molecule has 150 valence electrons. The first-order valence-electron chi connectivity index (χ1n) is 10.7. The van der Waals surface area contributed by atoms with E-state index < -0.39 is 5.41 Å². The van der Waals surface area contributed by atoms with Crippen LogP contribution in [0.5, 0.6) is 0 Å². The van der Waals surface area contributed by atoms with E-state index in [-0.39, 0.29) is 18.0 Å². The van der Waals surface area contributed by atoms with E-state index in [4.69, 9.17) is 0 Å². The molecular formula is C26H29NO2. The van der Waals surface area contributed by atoms with Crippen LogP contribution in [0.3, 0.4) is 0 Å². The van der Waals surface area contributed by atoms with E-state index in [0.717, 1.165) is 35.4 Å². The first kappa shape index (κ1) is 19.8. The van der Waals surface area contributed by atoms with Gasteiger partial charge in [0, 0.05) is 29.5 Å². The Kier molecular flexibility index (Phi) is 5.77. The van der Waals surface area contributed by atoms with Gasteiger partial charge in [-0.05, 0) is 49.6 Å². The molecule has 4 rings (SSSR count). The molecule has 2 aromatic carbocycles. The molecular weight excluding hydrogens is 358 g/mol. The number of benzene rings is 2. The van der Waals surface area contributed by atoms with Crippen LogP contribution in [0.15, 0.2) is 60.2 Å². The third-order valence-corrected chi connectivity index (χ3v) is 6.28. The summed E-state index contributed by atoms with van der Waals surface area (Å²) in [6, 6.07) is 17.8. The summed E-state index contributed by atoms with van der Waals surface area (Å²) in [4.78, 5) is 28.9. The van der Waals surface area contributed by atoms with Crippen molar-refractivity contribution in [2.45, 2.75) is 39.0 Å². The zero-order valence-corrected chi connectivity index (χ0v) is 17.2. The van der Waals surface area contributed by atoms with Gasteiger partial charge in [-0.25, -0.2) is 0 Å². The molecule has 0 bridgehead atoms. The molecule has 1 heterocycles. The Morgan fingerprint density at radius 3 is 2.41 bits per heavy atom. The molecule has 0 saturated carbocycles. The zero-order valence-electron chi connectivity index (χ0n) is 17.2. The second kappa shape index (κ2) is 8.46. The predicted molar refractivity (Wildman–Crippen MR) is 117 cm³/mol. The van der Waals surface area contributed by atoms with E-state index in [1.807, 2.05) is 67.6 Å². The summed E-state index contributed by atoms with van der Waals surface area (Å²) in [7, 11) is 0. The van der Waals surface area contributed by atoms with E-state index in [1.165, 1.54) is 19.3 Å². The average Bonchev–Trinajstić information content (AvgIpc) is 2.99. The summed E-state index contributed by atoms with van der Waals surface area (Å²) in [5.74, 6) is 0.210. The lowest BCUT2D eigenvalue weighted by Crippen LogP contribution is -2.35. The van der Waals surface area contributed by atoms with Crippen molar-refractivity contribution in [1.82, 2.24) is 4.90 Å². The highest BCUT2D eigenvalue weighted by Crippen LogP contribution is 2.40. The number of hydrogen-bond acceptors (Lipinski definition) is 3. The topological polar surface area (TPSA) is 37.4 Å². The lowest BCUT2D eigenvalue weighted by Gasteiger charge is -2.28. The fraction of sp³-hybridized carbons (Fsp3) is 0.385. The SMILES string of the molecule is CC1(CC(=O)/C(=C/c2ccccc2)CN2CCCCC2)Cc2ccccc2C1=O. The molecule has 2 aliphatic rings. The second-order valence-electron chi connectivity index (χ2n) is 8.74. The van der Waals surface area contributed by atoms with Gasteiger partial charge in [0.2, 0.25) is 0 Å². The van der Waals surface area contributed by atoms with Gasteiger partial charge in [0.25, 0.3) is 0 Å². The zero-order chi connectivity index (χ0) is 20.3. The number of Topliss-reactive ketones (excluding diaryl/α,β-unsaturated/α-hetero) is 2. The number of ketones is 2. The fourth-order valence-electron chi connectivity index (χ4n) is 4.66. The summed E-state index contributed by atoms with van der Waals surface area (Å²) in [5, 5.41) is 0. The van der Waals surface area contributed by atoms with Crippen LogP contribution in [0.2, 0.25) is 0 Å². The molecule has 0 radical (unpaired) electrons. The van der Waals surface area contributed by atoms with Crippen molar-refractivity contribution in [1.29, 1.82) is 0 Å². The summed E-state index contributed by atoms with van der Waals surface area (Å²) in [6.45, 7) is 4.71. The minimum Gasteiger partial charge on any atom is -0.299 e. The Bertz CT molecular complexity index is 925. The highest BCUT2D eigenvalue weighted by atomic mass is 16.1. The van der Waals surface area contributed by atoms with Crippen molar-refractivity contribution >= 4 is 17.6 Å². The van der Waals surface area contributed by atoms with E-state index in [9.17, 15) is 9.59 Å². The molecule has 0 amide bonds. The van der Waals surface area contributed by atoms with E-state index >= 15 is 0 Å². The number of carbonyl (C=O) groups excluding carboxylic acids is 2. The molecule has 3 nitrogen and oxygen atoms in total. The molecule has 0 N–H and O–H groups in total. The van der Waals surface area contributed by atoms with Crippen molar-refractivity contribution < 1.29 is 9.59 Å².